The lowest BCUT2D eigenvalue weighted by atomic mass is 10.2. The van der Waals surface area contributed by atoms with Gasteiger partial charge in [0.15, 0.2) is 0 Å². The first-order valence-electron chi connectivity index (χ1n) is 3.58. The van der Waals surface area contributed by atoms with Gasteiger partial charge in [-0.3, -0.25) is 10.1 Å². The molecule has 1 rings (SSSR count). The van der Waals surface area contributed by atoms with Crippen LogP contribution < -0.4 is 0 Å². The second-order valence-electron chi connectivity index (χ2n) is 2.58. The number of rotatable bonds is 2. The molecule has 0 aliphatic heterocycles. The van der Waals surface area contributed by atoms with Gasteiger partial charge in [0.05, 0.1) is 4.92 Å². The Morgan fingerprint density at radius 2 is 2.21 bits per heavy atom. The molecule has 1 aromatic carbocycles. The molecule has 0 radical (unpaired) electrons. The SMILES string of the molecule is Cc1cc(N=C=O)c(Cl)c([N+](=O)[O-])c1. The van der Waals surface area contributed by atoms with Crippen LogP contribution in [0.3, 0.4) is 0 Å². The van der Waals surface area contributed by atoms with Crippen molar-refractivity contribution in [3.63, 3.8) is 0 Å². The van der Waals surface area contributed by atoms with Crippen LogP contribution in [-0.4, -0.2) is 11.0 Å². The van der Waals surface area contributed by atoms with Gasteiger partial charge in [0.1, 0.15) is 10.7 Å². The summed E-state index contributed by atoms with van der Waals surface area (Å²) in [6.07, 6.45) is 1.29. The molecule has 6 heteroatoms. The summed E-state index contributed by atoms with van der Waals surface area (Å²) >= 11 is 5.64. The third kappa shape index (κ3) is 1.96. The molecule has 0 fully saturated rings. The highest BCUT2D eigenvalue weighted by molar-refractivity contribution is 6.35. The van der Waals surface area contributed by atoms with E-state index in [1.54, 1.807) is 6.92 Å². The molecule has 72 valence electrons. The molecule has 0 spiro atoms. The Morgan fingerprint density at radius 1 is 1.57 bits per heavy atom. The maximum Gasteiger partial charge on any atom is 0.290 e. The third-order valence-corrected chi connectivity index (χ3v) is 1.93. The number of aryl methyl sites for hydroxylation is 1. The second-order valence-corrected chi connectivity index (χ2v) is 2.96. The molecule has 0 unspecified atom stereocenters. The van der Waals surface area contributed by atoms with Gasteiger partial charge >= 0.3 is 0 Å². The fraction of sp³-hybridized carbons (Fsp3) is 0.125. The maximum atomic E-state index is 10.5. The summed E-state index contributed by atoms with van der Waals surface area (Å²) in [5, 5.41) is 10.4. The van der Waals surface area contributed by atoms with Crippen LogP contribution in [0.25, 0.3) is 0 Å². The summed E-state index contributed by atoms with van der Waals surface area (Å²) in [7, 11) is 0. The molecule has 14 heavy (non-hydrogen) atoms. The summed E-state index contributed by atoms with van der Waals surface area (Å²) in [5.41, 5.74) is 0.407. The quantitative estimate of drug-likeness (QED) is 0.327. The largest absolute Gasteiger partial charge is 0.290 e. The zero-order chi connectivity index (χ0) is 10.7. The van der Waals surface area contributed by atoms with E-state index < -0.39 is 4.92 Å². The van der Waals surface area contributed by atoms with E-state index in [2.05, 4.69) is 4.99 Å². The number of nitro benzene ring substituents is 1. The molecule has 0 atom stereocenters. The first-order chi connectivity index (χ1) is 6.56. The van der Waals surface area contributed by atoms with Gasteiger partial charge < -0.3 is 0 Å². The molecule has 0 amide bonds. The van der Waals surface area contributed by atoms with Crippen molar-refractivity contribution in [2.75, 3.05) is 0 Å². The molecule has 5 nitrogen and oxygen atoms in total. The summed E-state index contributed by atoms with van der Waals surface area (Å²) in [4.78, 5) is 23.2. The van der Waals surface area contributed by atoms with Crippen molar-refractivity contribution >= 4 is 29.1 Å². The molecule has 0 heterocycles. The number of benzene rings is 1. The maximum absolute atomic E-state index is 10.5. The molecule has 0 aliphatic carbocycles. The summed E-state index contributed by atoms with van der Waals surface area (Å²) in [6.45, 7) is 1.65. The van der Waals surface area contributed by atoms with Crippen molar-refractivity contribution in [3.8, 4) is 0 Å². The average Bonchev–Trinajstić information content (AvgIpc) is 2.10. The van der Waals surface area contributed by atoms with Gasteiger partial charge in [-0.15, -0.1) is 0 Å². The van der Waals surface area contributed by atoms with E-state index in [4.69, 9.17) is 11.6 Å². The third-order valence-electron chi connectivity index (χ3n) is 1.54. The van der Waals surface area contributed by atoms with Crippen LogP contribution in [0, 0.1) is 17.0 Å². The van der Waals surface area contributed by atoms with Crippen molar-refractivity contribution in [1.82, 2.24) is 0 Å². The Balaban J connectivity index is 3.46. The van der Waals surface area contributed by atoms with Crippen LogP contribution in [0.4, 0.5) is 11.4 Å². The number of hydrogen-bond acceptors (Lipinski definition) is 4. The van der Waals surface area contributed by atoms with E-state index in [9.17, 15) is 14.9 Å². The minimum atomic E-state index is -0.626. The monoisotopic (exact) mass is 212 g/mol. The molecule has 0 N–H and O–H groups in total. The topological polar surface area (TPSA) is 72.6 Å². The molecule has 0 saturated carbocycles. The van der Waals surface area contributed by atoms with Gasteiger partial charge in [-0.05, 0) is 18.6 Å². The smallest absolute Gasteiger partial charge is 0.258 e. The zero-order valence-electron chi connectivity index (χ0n) is 7.15. The number of carbonyl (C=O) groups excluding carboxylic acids is 1. The number of hydrogen-bond donors (Lipinski definition) is 0. The lowest BCUT2D eigenvalue weighted by Gasteiger charge is -1.99. The van der Waals surface area contributed by atoms with Crippen molar-refractivity contribution < 1.29 is 9.72 Å². The molecular weight excluding hydrogens is 208 g/mol. The van der Waals surface area contributed by atoms with Crippen LogP contribution in [0.5, 0.6) is 0 Å². The van der Waals surface area contributed by atoms with E-state index in [1.807, 2.05) is 0 Å². The lowest BCUT2D eigenvalue weighted by molar-refractivity contribution is -0.384. The van der Waals surface area contributed by atoms with E-state index in [0.717, 1.165) is 0 Å². The van der Waals surface area contributed by atoms with E-state index >= 15 is 0 Å². The van der Waals surface area contributed by atoms with Crippen LogP contribution in [-0.2, 0) is 4.79 Å². The van der Waals surface area contributed by atoms with Crippen LogP contribution in [0.2, 0.25) is 5.02 Å². The average molecular weight is 213 g/mol. The van der Waals surface area contributed by atoms with Gasteiger partial charge in [-0.2, -0.15) is 4.99 Å². The van der Waals surface area contributed by atoms with E-state index in [0.29, 0.717) is 5.56 Å². The van der Waals surface area contributed by atoms with Crippen LogP contribution in [0.15, 0.2) is 17.1 Å². The van der Waals surface area contributed by atoms with Crippen molar-refractivity contribution in [3.05, 3.63) is 32.8 Å². The second kappa shape index (κ2) is 4.00. The van der Waals surface area contributed by atoms with Gasteiger partial charge in [0.2, 0.25) is 6.08 Å². The standard InChI is InChI=1S/C8H5ClN2O3/c1-5-2-6(10-4-12)8(9)7(3-5)11(13)14/h2-3H,1H3. The van der Waals surface area contributed by atoms with Crippen LogP contribution in [0.1, 0.15) is 5.56 Å². The van der Waals surface area contributed by atoms with E-state index in [-0.39, 0.29) is 16.4 Å². The fourth-order valence-corrected chi connectivity index (χ4v) is 1.21. The minimum Gasteiger partial charge on any atom is -0.258 e. The van der Waals surface area contributed by atoms with Crippen molar-refractivity contribution in [2.45, 2.75) is 6.92 Å². The van der Waals surface area contributed by atoms with Gasteiger partial charge in [-0.1, -0.05) is 11.6 Å². The zero-order valence-corrected chi connectivity index (χ0v) is 7.91. The first kappa shape index (κ1) is 10.4. The molecule has 0 saturated heterocycles. The molecule has 0 aliphatic rings. The Labute approximate surface area is 84.2 Å². The number of nitro groups is 1. The van der Waals surface area contributed by atoms with E-state index in [1.165, 1.54) is 18.2 Å². The first-order valence-corrected chi connectivity index (χ1v) is 3.96. The summed E-state index contributed by atoms with van der Waals surface area (Å²) < 4.78 is 0. The Bertz CT molecular complexity index is 415. The number of isocyanates is 1. The molecule has 1 aromatic rings. The Kier molecular flexibility index (Phi) is 2.96. The Hall–Kier alpha value is -1.71. The van der Waals surface area contributed by atoms with Crippen molar-refractivity contribution in [2.24, 2.45) is 4.99 Å². The fourth-order valence-electron chi connectivity index (χ4n) is 0.994. The minimum absolute atomic E-state index is 0.0633. The van der Waals surface area contributed by atoms with Gasteiger partial charge in [0, 0.05) is 6.07 Å². The molecular formula is C8H5ClN2O3. The number of halogens is 1. The molecule has 0 aromatic heterocycles. The normalized spacial score (nSPS) is 9.29. The number of aliphatic imine (C=N–C) groups is 1. The lowest BCUT2D eigenvalue weighted by Crippen LogP contribution is -1.90. The highest BCUT2D eigenvalue weighted by atomic mass is 35.5. The van der Waals surface area contributed by atoms with Crippen molar-refractivity contribution in [1.29, 1.82) is 0 Å². The summed E-state index contributed by atoms with van der Waals surface area (Å²) in [6, 6.07) is 2.78. The van der Waals surface area contributed by atoms with Gasteiger partial charge in [0.25, 0.3) is 5.69 Å². The Morgan fingerprint density at radius 3 is 2.71 bits per heavy atom. The van der Waals surface area contributed by atoms with Crippen LogP contribution >= 0.6 is 11.6 Å². The summed E-state index contributed by atoms with van der Waals surface area (Å²) in [5.74, 6) is 0. The number of nitrogens with zero attached hydrogens (tertiary/aromatic N) is 2. The molecule has 0 bridgehead atoms. The highest BCUT2D eigenvalue weighted by Crippen LogP contribution is 2.34. The highest BCUT2D eigenvalue weighted by Gasteiger charge is 2.16. The predicted octanol–water partition coefficient (Wildman–Crippen LogP) is 2.52. The predicted molar refractivity (Wildman–Crippen MR) is 50.6 cm³/mol. The van der Waals surface area contributed by atoms with Gasteiger partial charge in [-0.25, -0.2) is 4.79 Å².